The number of hydrogen-bond donors (Lipinski definition) is 1. The van der Waals surface area contributed by atoms with Crippen molar-refractivity contribution in [2.45, 2.75) is 44.8 Å². The van der Waals surface area contributed by atoms with Crippen molar-refractivity contribution < 1.29 is 9.53 Å². The molecule has 0 aliphatic carbocycles. The minimum atomic E-state index is -1.12. The molecule has 0 fully saturated rings. The molecule has 168 valence electrons. The van der Waals surface area contributed by atoms with Crippen molar-refractivity contribution in [2.75, 3.05) is 0 Å². The van der Waals surface area contributed by atoms with Crippen molar-refractivity contribution in [1.82, 2.24) is 5.32 Å². The summed E-state index contributed by atoms with van der Waals surface area (Å²) in [7, 11) is 0. The number of ether oxygens (including phenoxy) is 1. The van der Waals surface area contributed by atoms with E-state index in [-0.39, 0.29) is 17.9 Å². The second-order valence-corrected chi connectivity index (χ2v) is 9.64. The molecule has 0 aromatic heterocycles. The van der Waals surface area contributed by atoms with E-state index in [0.717, 1.165) is 17.5 Å². The molecule has 0 aliphatic heterocycles. The molecule has 0 saturated heterocycles. The second-order valence-electron chi connectivity index (χ2n) is 8.33. The number of benzene rings is 3. The predicted molar refractivity (Wildman–Crippen MR) is 133 cm³/mol. The highest BCUT2D eigenvalue weighted by molar-refractivity contribution is 6.34. The third kappa shape index (κ3) is 6.65. The molecule has 0 radical (unpaired) electrons. The Morgan fingerprint density at radius 3 is 2.09 bits per heavy atom. The third-order valence-electron chi connectivity index (χ3n) is 5.31. The molecule has 3 aromatic carbocycles. The minimum Gasteiger partial charge on any atom is -0.478 e. The summed E-state index contributed by atoms with van der Waals surface area (Å²) in [5.74, 6) is 0.284. The van der Waals surface area contributed by atoms with Crippen LogP contribution in [0, 0.1) is 0 Å². The lowest BCUT2D eigenvalue weighted by atomic mass is 9.86. The molecule has 3 nitrogen and oxygen atoms in total. The van der Waals surface area contributed by atoms with Gasteiger partial charge in [0, 0.05) is 27.0 Å². The highest BCUT2D eigenvalue weighted by atomic mass is 35.5. The van der Waals surface area contributed by atoms with Crippen molar-refractivity contribution in [2.24, 2.45) is 0 Å². The van der Waals surface area contributed by atoms with Gasteiger partial charge in [0.05, 0.1) is 0 Å². The first-order valence-corrected chi connectivity index (χ1v) is 11.5. The van der Waals surface area contributed by atoms with Crippen LogP contribution in [0.25, 0.3) is 0 Å². The first kappa shape index (κ1) is 24.4. The molecule has 6 heteroatoms. The maximum Gasteiger partial charge on any atom is 0.263 e. The molecule has 1 amide bonds. The second kappa shape index (κ2) is 10.6. The van der Waals surface area contributed by atoms with Crippen molar-refractivity contribution in [3.63, 3.8) is 0 Å². The Morgan fingerprint density at radius 2 is 1.50 bits per heavy atom. The predicted octanol–water partition coefficient (Wildman–Crippen LogP) is 7.34. The number of carbonyl (C=O) groups is 1. The van der Waals surface area contributed by atoms with Gasteiger partial charge in [0.15, 0.2) is 5.60 Å². The average molecular weight is 491 g/mol. The van der Waals surface area contributed by atoms with Gasteiger partial charge in [-0.25, -0.2) is 0 Å². The van der Waals surface area contributed by atoms with Crippen LogP contribution in [0.15, 0.2) is 72.8 Å². The standard InChI is InChI=1S/C26H26Cl3NO2/c1-17(30-25(31)26(2,3)32-23-15-21(28)14-22(29)16-23)24(19-7-5-4-6-8-19)13-18-9-11-20(27)12-10-18/h4-12,14-17,24H,13H2,1-3H3,(H,30,31)/t17-,24?/m0/s1. The van der Waals surface area contributed by atoms with E-state index in [1.165, 1.54) is 0 Å². The lowest BCUT2D eigenvalue weighted by Crippen LogP contribution is -2.51. The van der Waals surface area contributed by atoms with Gasteiger partial charge in [0.2, 0.25) is 0 Å². The van der Waals surface area contributed by atoms with Crippen LogP contribution in [-0.2, 0) is 11.2 Å². The normalized spacial score (nSPS) is 13.3. The van der Waals surface area contributed by atoms with Gasteiger partial charge >= 0.3 is 0 Å². The van der Waals surface area contributed by atoms with Crippen molar-refractivity contribution >= 4 is 40.7 Å². The molecule has 3 aromatic rings. The van der Waals surface area contributed by atoms with Crippen LogP contribution in [0.4, 0.5) is 0 Å². The molecular weight excluding hydrogens is 465 g/mol. The summed E-state index contributed by atoms with van der Waals surface area (Å²) in [6, 6.07) is 22.7. The number of carbonyl (C=O) groups excluding carboxylic acids is 1. The quantitative estimate of drug-likeness (QED) is 0.359. The zero-order chi connectivity index (χ0) is 23.3. The van der Waals surface area contributed by atoms with E-state index in [2.05, 4.69) is 17.4 Å². The Kier molecular flexibility index (Phi) is 8.10. The van der Waals surface area contributed by atoms with Crippen LogP contribution in [0.3, 0.4) is 0 Å². The maximum absolute atomic E-state index is 13.2. The topological polar surface area (TPSA) is 38.3 Å². The summed E-state index contributed by atoms with van der Waals surface area (Å²) >= 11 is 18.2. The van der Waals surface area contributed by atoms with Crippen molar-refractivity contribution in [3.05, 3.63) is 99.0 Å². The summed E-state index contributed by atoms with van der Waals surface area (Å²) in [4.78, 5) is 13.2. The van der Waals surface area contributed by atoms with Gasteiger partial charge in [-0.05, 0) is 68.7 Å². The fourth-order valence-corrected chi connectivity index (χ4v) is 4.20. The molecule has 1 unspecified atom stereocenters. The lowest BCUT2D eigenvalue weighted by molar-refractivity contribution is -0.135. The smallest absolute Gasteiger partial charge is 0.263 e. The molecular formula is C26H26Cl3NO2. The Morgan fingerprint density at radius 1 is 0.906 bits per heavy atom. The summed E-state index contributed by atoms with van der Waals surface area (Å²) in [6.07, 6.45) is 0.758. The number of hydrogen-bond acceptors (Lipinski definition) is 2. The Bertz CT molecular complexity index is 1030. The summed E-state index contributed by atoms with van der Waals surface area (Å²) < 4.78 is 5.95. The number of rotatable bonds is 8. The zero-order valence-corrected chi connectivity index (χ0v) is 20.5. The monoisotopic (exact) mass is 489 g/mol. The first-order chi connectivity index (χ1) is 15.1. The summed E-state index contributed by atoms with van der Waals surface area (Å²) in [5, 5.41) is 4.74. The maximum atomic E-state index is 13.2. The average Bonchev–Trinajstić information content (AvgIpc) is 2.72. The lowest BCUT2D eigenvalue weighted by Gasteiger charge is -2.31. The molecule has 2 atom stereocenters. The Labute approximate surface area is 204 Å². The largest absolute Gasteiger partial charge is 0.478 e. The van der Waals surface area contributed by atoms with Gasteiger partial charge in [0.25, 0.3) is 5.91 Å². The van der Waals surface area contributed by atoms with Gasteiger partial charge in [-0.2, -0.15) is 0 Å². The fraction of sp³-hybridized carbons (Fsp3) is 0.269. The van der Waals surface area contributed by atoms with Crippen LogP contribution >= 0.6 is 34.8 Å². The third-order valence-corrected chi connectivity index (χ3v) is 6.00. The van der Waals surface area contributed by atoms with E-state index in [9.17, 15) is 4.79 Å². The number of halogens is 3. The van der Waals surface area contributed by atoms with Gasteiger partial charge in [-0.15, -0.1) is 0 Å². The molecule has 0 spiro atoms. The summed E-state index contributed by atoms with van der Waals surface area (Å²) in [5.41, 5.74) is 1.17. The molecule has 0 aliphatic rings. The summed E-state index contributed by atoms with van der Waals surface area (Å²) in [6.45, 7) is 5.46. The first-order valence-electron chi connectivity index (χ1n) is 10.4. The van der Waals surface area contributed by atoms with Crippen LogP contribution < -0.4 is 10.1 Å². The molecule has 0 saturated carbocycles. The SMILES string of the molecule is C[C@H](NC(=O)C(C)(C)Oc1cc(Cl)cc(Cl)c1)C(Cc1ccc(Cl)cc1)c1ccccc1. The molecule has 1 N–H and O–H groups in total. The molecule has 32 heavy (non-hydrogen) atoms. The van der Waals surface area contributed by atoms with Crippen LogP contribution in [0.1, 0.15) is 37.8 Å². The van der Waals surface area contributed by atoms with Gasteiger partial charge in [0.1, 0.15) is 5.75 Å². The fourth-order valence-electron chi connectivity index (χ4n) is 3.57. The van der Waals surface area contributed by atoms with Gasteiger partial charge in [-0.1, -0.05) is 77.3 Å². The van der Waals surface area contributed by atoms with E-state index >= 15 is 0 Å². The number of amides is 1. The van der Waals surface area contributed by atoms with Gasteiger partial charge < -0.3 is 10.1 Å². The highest BCUT2D eigenvalue weighted by Gasteiger charge is 2.33. The molecule has 0 heterocycles. The molecule has 0 bridgehead atoms. The van der Waals surface area contributed by atoms with E-state index in [1.807, 2.05) is 49.4 Å². The number of nitrogens with one attached hydrogen (secondary N) is 1. The Hall–Kier alpha value is -2.20. The zero-order valence-electron chi connectivity index (χ0n) is 18.2. The Balaban J connectivity index is 1.77. The highest BCUT2D eigenvalue weighted by Crippen LogP contribution is 2.29. The van der Waals surface area contributed by atoms with Gasteiger partial charge in [-0.3, -0.25) is 4.79 Å². The van der Waals surface area contributed by atoms with E-state index in [4.69, 9.17) is 39.5 Å². The molecule has 3 rings (SSSR count). The van der Waals surface area contributed by atoms with E-state index < -0.39 is 5.60 Å². The van der Waals surface area contributed by atoms with Crippen molar-refractivity contribution in [3.8, 4) is 5.75 Å². The van der Waals surface area contributed by atoms with Crippen LogP contribution in [-0.4, -0.2) is 17.6 Å². The minimum absolute atomic E-state index is 0.0674. The van der Waals surface area contributed by atoms with E-state index in [1.54, 1.807) is 32.0 Å². The van der Waals surface area contributed by atoms with Crippen molar-refractivity contribution in [1.29, 1.82) is 0 Å². The van der Waals surface area contributed by atoms with Crippen LogP contribution in [0.5, 0.6) is 5.75 Å². The van der Waals surface area contributed by atoms with E-state index in [0.29, 0.717) is 20.8 Å². The van der Waals surface area contributed by atoms with Crippen LogP contribution in [0.2, 0.25) is 15.1 Å².